The number of halogens is 3. The van der Waals surface area contributed by atoms with Crippen molar-refractivity contribution in [2.75, 3.05) is 36.5 Å². The van der Waals surface area contributed by atoms with Crippen molar-refractivity contribution in [2.24, 2.45) is 5.41 Å². The summed E-state index contributed by atoms with van der Waals surface area (Å²) in [5, 5.41) is 21.5. The summed E-state index contributed by atoms with van der Waals surface area (Å²) in [6.07, 6.45) is -0.631. The van der Waals surface area contributed by atoms with E-state index in [0.29, 0.717) is 33.4 Å². The van der Waals surface area contributed by atoms with Gasteiger partial charge in [0.25, 0.3) is 0 Å². The molecule has 5 aromatic rings. The van der Waals surface area contributed by atoms with Gasteiger partial charge in [-0.3, -0.25) is 9.69 Å². The Balaban J connectivity index is 0.980. The highest BCUT2D eigenvalue weighted by atomic mass is 32.1. The summed E-state index contributed by atoms with van der Waals surface area (Å²) in [6, 6.07) is 18.0. The third kappa shape index (κ3) is 7.98. The summed E-state index contributed by atoms with van der Waals surface area (Å²) in [4.78, 5) is 24.9. The van der Waals surface area contributed by atoms with Crippen LogP contribution in [0.3, 0.4) is 0 Å². The molecule has 54 heavy (non-hydrogen) atoms. The lowest BCUT2D eigenvalue weighted by molar-refractivity contribution is -0.126. The molecule has 1 saturated carbocycles. The number of rotatable bonds is 12. The number of thiophene rings is 1. The molecule has 10 nitrogen and oxygen atoms in total. The van der Waals surface area contributed by atoms with E-state index in [4.69, 9.17) is 5.73 Å². The van der Waals surface area contributed by atoms with E-state index in [1.54, 1.807) is 13.1 Å². The van der Waals surface area contributed by atoms with Gasteiger partial charge in [-0.05, 0) is 85.4 Å². The van der Waals surface area contributed by atoms with E-state index in [0.717, 1.165) is 86.1 Å². The van der Waals surface area contributed by atoms with Gasteiger partial charge in [0.1, 0.15) is 22.4 Å². The number of para-hydroxylation sites is 1. The molecule has 2 aliphatic rings. The van der Waals surface area contributed by atoms with Crippen LogP contribution in [0.1, 0.15) is 66.3 Å². The van der Waals surface area contributed by atoms with Crippen LogP contribution in [0, 0.1) is 23.7 Å². The number of amides is 1. The van der Waals surface area contributed by atoms with Gasteiger partial charge < -0.3 is 26.3 Å². The Morgan fingerprint density at radius 3 is 2.52 bits per heavy atom. The number of anilines is 3. The van der Waals surface area contributed by atoms with Crippen molar-refractivity contribution in [3.05, 3.63) is 75.8 Å². The second-order valence-corrected chi connectivity index (χ2v) is 16.1. The summed E-state index contributed by atoms with van der Waals surface area (Å²) in [7, 11) is 1.70. The summed E-state index contributed by atoms with van der Waals surface area (Å²) in [6.45, 7) is 7.53. The molecule has 0 unspecified atom stereocenters. The molecule has 1 saturated heterocycles. The minimum Gasteiger partial charge on any atom is -0.398 e. The second kappa shape index (κ2) is 15.1. The number of hydrogen-bond donors (Lipinski definition) is 4. The van der Waals surface area contributed by atoms with E-state index in [-0.39, 0.29) is 34.7 Å². The number of nitrogens with one attached hydrogen (secondary N) is 3. The van der Waals surface area contributed by atoms with Crippen molar-refractivity contribution >= 4 is 55.8 Å². The third-order valence-corrected chi connectivity index (χ3v) is 12.3. The van der Waals surface area contributed by atoms with Crippen LogP contribution in [0.5, 0.6) is 0 Å². The van der Waals surface area contributed by atoms with Gasteiger partial charge in [-0.2, -0.15) is 23.4 Å². The first-order chi connectivity index (χ1) is 25.9. The van der Waals surface area contributed by atoms with Crippen LogP contribution in [0.15, 0.2) is 48.5 Å². The van der Waals surface area contributed by atoms with Gasteiger partial charge in [0.05, 0.1) is 18.2 Å². The number of piperidine rings is 1. The van der Waals surface area contributed by atoms with Crippen LogP contribution in [0.4, 0.5) is 30.6 Å². The number of nitrogens with two attached hydrogens (primary N) is 1. The molecule has 2 fully saturated rings. The number of carbonyl (C=O) groups is 1. The monoisotopic (exact) mass is 757 g/mol. The van der Waals surface area contributed by atoms with Crippen molar-refractivity contribution < 1.29 is 18.0 Å². The molecule has 1 amide bonds. The molecule has 0 bridgehead atoms. The summed E-state index contributed by atoms with van der Waals surface area (Å²) >= 11 is 1.05. The lowest BCUT2D eigenvalue weighted by Crippen LogP contribution is -2.52. The lowest BCUT2D eigenvalue weighted by Gasteiger charge is -2.48. The van der Waals surface area contributed by atoms with Crippen molar-refractivity contribution in [3.63, 3.8) is 0 Å². The Labute approximate surface area is 316 Å². The maximum absolute atomic E-state index is 13.1. The zero-order valence-corrected chi connectivity index (χ0v) is 31.6. The third-order valence-electron chi connectivity index (χ3n) is 11.3. The number of carbonyl (C=O) groups excluding carboxylic acids is 1. The first-order valence-corrected chi connectivity index (χ1v) is 19.4. The SMILES string of the molecule is CCC1(Cn2c(C#N)cc3c(C)c(CN4CCC(Nc5nc(NC)nc6sc(CC(F)(F)F)cc56)CC4)ccc32)CC(NC(=O)Cc2ccccc2N)C1. The van der Waals surface area contributed by atoms with Crippen molar-refractivity contribution in [3.8, 4) is 6.07 Å². The highest BCUT2D eigenvalue weighted by Crippen LogP contribution is 2.46. The molecular weight excluding hydrogens is 712 g/mol. The zero-order chi connectivity index (χ0) is 38.2. The molecule has 0 spiro atoms. The minimum atomic E-state index is -4.29. The maximum Gasteiger partial charge on any atom is 0.393 e. The molecule has 5 N–H and O–H groups in total. The number of nitrogens with zero attached hydrogens (tertiary/aromatic N) is 5. The fourth-order valence-corrected chi connectivity index (χ4v) is 9.26. The fourth-order valence-electron chi connectivity index (χ4n) is 8.20. The predicted molar refractivity (Wildman–Crippen MR) is 208 cm³/mol. The van der Waals surface area contributed by atoms with Crippen LogP contribution in [-0.2, 0) is 30.7 Å². The average Bonchev–Trinajstić information content (AvgIpc) is 3.69. The van der Waals surface area contributed by atoms with E-state index < -0.39 is 12.6 Å². The van der Waals surface area contributed by atoms with Crippen LogP contribution in [0.2, 0.25) is 0 Å². The molecule has 7 rings (SSSR count). The topological polar surface area (TPSA) is 137 Å². The molecule has 4 heterocycles. The first kappa shape index (κ1) is 37.4. The lowest BCUT2D eigenvalue weighted by atomic mass is 9.63. The summed E-state index contributed by atoms with van der Waals surface area (Å²) in [5.41, 5.74) is 11.6. The number of alkyl halides is 3. The van der Waals surface area contributed by atoms with Crippen molar-refractivity contribution in [2.45, 2.75) is 90.1 Å². The minimum absolute atomic E-state index is 0.00676. The summed E-state index contributed by atoms with van der Waals surface area (Å²) in [5.74, 6) is 0.913. The van der Waals surface area contributed by atoms with Gasteiger partial charge in [0.2, 0.25) is 11.9 Å². The first-order valence-electron chi connectivity index (χ1n) is 18.5. The molecule has 0 radical (unpaired) electrons. The molecule has 1 aliphatic heterocycles. The number of fused-ring (bicyclic) bond motifs is 2. The molecule has 2 aromatic carbocycles. The Hall–Kier alpha value is -4.87. The standard InChI is InChI=1S/C40H46F3N9OS/c1-4-39(18-28(19-39)47-35(53)15-25-7-5-6-8-33(25)45)23-52-29(21-44)16-31-24(2)26(9-10-34(31)52)22-51-13-11-27(12-14-51)48-36-32-17-30(20-40(41,42)43)54-37(32)50-38(46-3)49-36/h5-10,16-17,27-28H,4,11-15,18-20,22-23,45H2,1-3H3,(H,47,53)(H2,46,48,49,50). The number of aromatic nitrogens is 3. The van der Waals surface area contributed by atoms with Gasteiger partial charge in [0, 0.05) is 66.8 Å². The second-order valence-electron chi connectivity index (χ2n) is 15.0. The van der Waals surface area contributed by atoms with E-state index >= 15 is 0 Å². The highest BCUT2D eigenvalue weighted by Gasteiger charge is 2.44. The highest BCUT2D eigenvalue weighted by molar-refractivity contribution is 7.18. The number of likely N-dealkylation sites (tertiary alicyclic amines) is 1. The summed E-state index contributed by atoms with van der Waals surface area (Å²) < 4.78 is 41.5. The Kier molecular flexibility index (Phi) is 10.5. The molecule has 0 atom stereocenters. The van der Waals surface area contributed by atoms with E-state index in [1.165, 1.54) is 11.1 Å². The van der Waals surface area contributed by atoms with Crippen molar-refractivity contribution in [1.29, 1.82) is 5.26 Å². The number of nitriles is 1. The predicted octanol–water partition coefficient (Wildman–Crippen LogP) is 7.55. The number of hydrogen-bond acceptors (Lipinski definition) is 9. The number of benzene rings is 2. The molecular formula is C40H46F3N9OS. The smallest absolute Gasteiger partial charge is 0.393 e. The quantitative estimate of drug-likeness (QED) is 0.0959. The van der Waals surface area contributed by atoms with Gasteiger partial charge >= 0.3 is 6.18 Å². The number of aryl methyl sites for hydroxylation is 1. The Morgan fingerprint density at radius 1 is 1.07 bits per heavy atom. The van der Waals surface area contributed by atoms with E-state index in [1.807, 2.05) is 30.3 Å². The largest absolute Gasteiger partial charge is 0.398 e. The maximum atomic E-state index is 13.1. The van der Waals surface area contributed by atoms with Crippen LogP contribution in [-0.4, -0.2) is 63.7 Å². The van der Waals surface area contributed by atoms with E-state index in [9.17, 15) is 23.2 Å². The molecule has 284 valence electrons. The molecule has 14 heteroatoms. The van der Waals surface area contributed by atoms with E-state index in [2.05, 4.69) is 67.4 Å². The van der Waals surface area contributed by atoms with Gasteiger partial charge in [0.15, 0.2) is 0 Å². The zero-order valence-electron chi connectivity index (χ0n) is 30.8. The van der Waals surface area contributed by atoms with Gasteiger partial charge in [-0.1, -0.05) is 31.2 Å². The van der Waals surface area contributed by atoms with Crippen LogP contribution < -0.4 is 21.7 Å². The Morgan fingerprint density at radius 2 is 1.83 bits per heavy atom. The van der Waals surface area contributed by atoms with Crippen LogP contribution >= 0.6 is 11.3 Å². The van der Waals surface area contributed by atoms with Crippen LogP contribution in [0.25, 0.3) is 21.1 Å². The average molecular weight is 758 g/mol. The van der Waals surface area contributed by atoms with Gasteiger partial charge in [-0.25, -0.2) is 4.98 Å². The fraction of sp³-hybridized carbons (Fsp3) is 0.450. The Bertz CT molecular complexity index is 2210. The van der Waals surface area contributed by atoms with Gasteiger partial charge in [-0.15, -0.1) is 11.3 Å². The molecule has 3 aromatic heterocycles. The number of nitrogen functional groups attached to an aromatic ring is 1. The van der Waals surface area contributed by atoms with Crippen molar-refractivity contribution in [1.82, 2.24) is 24.8 Å². The molecule has 1 aliphatic carbocycles. The normalized spacial score (nSPS) is 19.5.